The molecule has 0 aromatic carbocycles. The molecule has 0 spiro atoms. The molecule has 104 valence electrons. The topological polar surface area (TPSA) is 86.1 Å². The molecule has 0 aliphatic rings. The lowest BCUT2D eigenvalue weighted by atomic mass is 10.2. The molecule has 7 nitrogen and oxygen atoms in total. The van der Waals surface area contributed by atoms with Crippen molar-refractivity contribution in [2.45, 2.75) is 6.54 Å². The van der Waals surface area contributed by atoms with Gasteiger partial charge in [0.25, 0.3) is 11.5 Å². The Morgan fingerprint density at radius 3 is 2.90 bits per heavy atom. The highest BCUT2D eigenvalue weighted by atomic mass is 16.5. The van der Waals surface area contributed by atoms with E-state index in [2.05, 4.69) is 15.4 Å². The van der Waals surface area contributed by atoms with Gasteiger partial charge in [0.2, 0.25) is 5.88 Å². The van der Waals surface area contributed by atoms with Gasteiger partial charge in [0.05, 0.1) is 13.7 Å². The van der Waals surface area contributed by atoms with E-state index in [1.54, 1.807) is 24.4 Å². The zero-order chi connectivity index (χ0) is 14.4. The standard InChI is InChI=1S/C13H14N4O3/c1-20-13-10(4-2-6-15-13)12(19)14-8-9-17-11(18)5-3-7-16-17/h2-7H,8-9H2,1H3,(H,14,19). The van der Waals surface area contributed by atoms with E-state index in [0.717, 1.165) is 0 Å². The summed E-state index contributed by atoms with van der Waals surface area (Å²) in [7, 11) is 1.45. The molecule has 0 aliphatic carbocycles. The summed E-state index contributed by atoms with van der Waals surface area (Å²) in [6.45, 7) is 0.585. The Morgan fingerprint density at radius 1 is 1.35 bits per heavy atom. The summed E-state index contributed by atoms with van der Waals surface area (Å²) in [4.78, 5) is 27.3. The molecule has 0 saturated carbocycles. The normalized spacial score (nSPS) is 10.1. The molecule has 0 radical (unpaired) electrons. The molecular weight excluding hydrogens is 260 g/mol. The zero-order valence-corrected chi connectivity index (χ0v) is 10.9. The van der Waals surface area contributed by atoms with Crippen LogP contribution in [0.5, 0.6) is 5.88 Å². The van der Waals surface area contributed by atoms with Gasteiger partial charge in [-0.3, -0.25) is 9.59 Å². The van der Waals surface area contributed by atoms with Crippen LogP contribution in [0.3, 0.4) is 0 Å². The number of carbonyl (C=O) groups is 1. The lowest BCUT2D eigenvalue weighted by molar-refractivity contribution is 0.0948. The third-order valence-corrected chi connectivity index (χ3v) is 2.60. The van der Waals surface area contributed by atoms with Gasteiger partial charge in [0, 0.05) is 25.0 Å². The Labute approximate surface area is 115 Å². The Morgan fingerprint density at radius 2 is 2.15 bits per heavy atom. The molecule has 2 aromatic rings. The minimum Gasteiger partial charge on any atom is -0.480 e. The van der Waals surface area contributed by atoms with Crippen LogP contribution in [0.4, 0.5) is 0 Å². The van der Waals surface area contributed by atoms with Crippen LogP contribution in [0.2, 0.25) is 0 Å². The van der Waals surface area contributed by atoms with Crippen molar-refractivity contribution in [3.63, 3.8) is 0 Å². The highest BCUT2D eigenvalue weighted by Crippen LogP contribution is 2.12. The van der Waals surface area contributed by atoms with E-state index < -0.39 is 0 Å². The maximum atomic E-state index is 12.0. The number of methoxy groups -OCH3 is 1. The molecule has 2 rings (SSSR count). The minimum atomic E-state index is -0.307. The first-order valence-corrected chi connectivity index (χ1v) is 6.01. The molecule has 0 saturated heterocycles. The first-order valence-electron chi connectivity index (χ1n) is 6.01. The van der Waals surface area contributed by atoms with Gasteiger partial charge >= 0.3 is 0 Å². The molecule has 0 bridgehead atoms. The van der Waals surface area contributed by atoms with E-state index in [0.29, 0.717) is 12.1 Å². The van der Waals surface area contributed by atoms with E-state index >= 15 is 0 Å². The fraction of sp³-hybridized carbons (Fsp3) is 0.231. The van der Waals surface area contributed by atoms with Crippen molar-refractivity contribution >= 4 is 5.91 Å². The molecule has 1 amide bonds. The minimum absolute atomic E-state index is 0.208. The third kappa shape index (κ3) is 3.19. The number of hydrogen-bond donors (Lipinski definition) is 1. The second-order valence-electron chi connectivity index (χ2n) is 3.90. The first-order chi connectivity index (χ1) is 9.72. The van der Waals surface area contributed by atoms with Crippen LogP contribution in [0, 0.1) is 0 Å². The van der Waals surface area contributed by atoms with Crippen LogP contribution >= 0.6 is 0 Å². The van der Waals surface area contributed by atoms with E-state index in [1.807, 2.05) is 0 Å². The number of carbonyl (C=O) groups excluding carboxylic acids is 1. The molecule has 0 aliphatic heterocycles. The highest BCUT2D eigenvalue weighted by Gasteiger charge is 2.11. The van der Waals surface area contributed by atoms with Gasteiger partial charge in [-0.1, -0.05) is 0 Å². The molecule has 2 aromatic heterocycles. The SMILES string of the molecule is COc1ncccc1C(=O)NCCn1ncccc1=O. The molecular formula is C13H14N4O3. The van der Waals surface area contributed by atoms with Gasteiger partial charge in [-0.05, 0) is 18.2 Å². The largest absolute Gasteiger partial charge is 0.480 e. The maximum absolute atomic E-state index is 12.0. The highest BCUT2D eigenvalue weighted by molar-refractivity contribution is 5.96. The Bertz CT molecular complexity index is 654. The van der Waals surface area contributed by atoms with Crippen LogP contribution < -0.4 is 15.6 Å². The Hall–Kier alpha value is -2.70. The van der Waals surface area contributed by atoms with Crippen molar-refractivity contribution < 1.29 is 9.53 Å². The number of pyridine rings is 1. The average molecular weight is 274 g/mol. The van der Waals surface area contributed by atoms with Crippen molar-refractivity contribution in [1.29, 1.82) is 0 Å². The number of aromatic nitrogens is 3. The second-order valence-corrected chi connectivity index (χ2v) is 3.90. The van der Waals surface area contributed by atoms with Crippen molar-refractivity contribution in [1.82, 2.24) is 20.1 Å². The predicted octanol–water partition coefficient (Wildman–Crippen LogP) is 0.0769. The number of ether oxygens (including phenoxy) is 1. The van der Waals surface area contributed by atoms with Crippen molar-refractivity contribution in [2.24, 2.45) is 0 Å². The van der Waals surface area contributed by atoms with Crippen molar-refractivity contribution in [3.8, 4) is 5.88 Å². The van der Waals surface area contributed by atoms with Gasteiger partial charge in [-0.2, -0.15) is 5.10 Å². The fourth-order valence-corrected chi connectivity index (χ4v) is 1.65. The van der Waals surface area contributed by atoms with E-state index in [1.165, 1.54) is 24.1 Å². The van der Waals surface area contributed by atoms with Crippen LogP contribution in [0.15, 0.2) is 41.5 Å². The van der Waals surface area contributed by atoms with E-state index in [9.17, 15) is 9.59 Å². The average Bonchev–Trinajstić information content (AvgIpc) is 2.49. The summed E-state index contributed by atoms with van der Waals surface area (Å²) < 4.78 is 6.29. The van der Waals surface area contributed by atoms with Crippen LogP contribution in [0.1, 0.15) is 10.4 Å². The van der Waals surface area contributed by atoms with Crippen LogP contribution in [-0.4, -0.2) is 34.3 Å². The zero-order valence-electron chi connectivity index (χ0n) is 10.9. The van der Waals surface area contributed by atoms with E-state index in [-0.39, 0.29) is 23.9 Å². The lowest BCUT2D eigenvalue weighted by Crippen LogP contribution is -2.31. The molecule has 7 heteroatoms. The Balaban J connectivity index is 1.96. The summed E-state index contributed by atoms with van der Waals surface area (Å²) >= 11 is 0. The molecule has 0 unspecified atom stereocenters. The van der Waals surface area contributed by atoms with Crippen LogP contribution in [-0.2, 0) is 6.54 Å². The second kappa shape index (κ2) is 6.46. The summed E-state index contributed by atoms with van der Waals surface area (Å²) in [5, 5.41) is 6.59. The summed E-state index contributed by atoms with van der Waals surface area (Å²) in [5.74, 6) is -0.0427. The van der Waals surface area contributed by atoms with Gasteiger partial charge < -0.3 is 10.1 Å². The lowest BCUT2D eigenvalue weighted by Gasteiger charge is -2.08. The molecule has 0 fully saturated rings. The first kappa shape index (κ1) is 13.7. The molecule has 1 N–H and O–H groups in total. The molecule has 20 heavy (non-hydrogen) atoms. The fourth-order valence-electron chi connectivity index (χ4n) is 1.65. The van der Waals surface area contributed by atoms with Crippen LogP contribution in [0.25, 0.3) is 0 Å². The predicted molar refractivity (Wildman–Crippen MR) is 71.6 cm³/mol. The number of hydrogen-bond acceptors (Lipinski definition) is 5. The number of rotatable bonds is 5. The maximum Gasteiger partial charge on any atom is 0.266 e. The summed E-state index contributed by atoms with van der Waals surface area (Å²) in [5.41, 5.74) is 0.143. The van der Waals surface area contributed by atoms with Gasteiger partial charge in [-0.15, -0.1) is 0 Å². The Kier molecular flexibility index (Phi) is 4.43. The van der Waals surface area contributed by atoms with Crippen molar-refractivity contribution in [3.05, 3.63) is 52.6 Å². The monoisotopic (exact) mass is 274 g/mol. The van der Waals surface area contributed by atoms with Gasteiger partial charge in [0.15, 0.2) is 0 Å². The molecule has 0 atom stereocenters. The molecule has 2 heterocycles. The van der Waals surface area contributed by atoms with E-state index in [4.69, 9.17) is 4.74 Å². The quantitative estimate of drug-likeness (QED) is 0.834. The van der Waals surface area contributed by atoms with Gasteiger partial charge in [-0.25, -0.2) is 9.67 Å². The van der Waals surface area contributed by atoms with Gasteiger partial charge in [0.1, 0.15) is 5.56 Å². The third-order valence-electron chi connectivity index (χ3n) is 2.60. The number of nitrogens with zero attached hydrogens (tertiary/aromatic N) is 3. The smallest absolute Gasteiger partial charge is 0.266 e. The summed E-state index contributed by atoms with van der Waals surface area (Å²) in [6, 6.07) is 6.26. The summed E-state index contributed by atoms with van der Waals surface area (Å²) in [6.07, 6.45) is 3.07. The van der Waals surface area contributed by atoms with Crippen molar-refractivity contribution in [2.75, 3.05) is 13.7 Å². The number of amides is 1. The number of nitrogens with one attached hydrogen (secondary N) is 1.